The van der Waals surface area contributed by atoms with E-state index in [1.165, 1.54) is 0 Å². The van der Waals surface area contributed by atoms with Gasteiger partial charge >= 0.3 is 0 Å². The maximum Gasteiger partial charge on any atom is 0.223 e. The summed E-state index contributed by atoms with van der Waals surface area (Å²) in [4.78, 5) is 5.24. The van der Waals surface area contributed by atoms with Crippen molar-refractivity contribution in [1.82, 2.24) is 4.90 Å². The summed E-state index contributed by atoms with van der Waals surface area (Å²) in [6, 6.07) is 0. The molecule has 6 nitrogen and oxygen atoms in total. The normalized spacial score (nSPS) is 11.9. The Morgan fingerprint density at radius 3 is 2.46 bits per heavy atom. The molecule has 0 bridgehead atoms. The van der Waals surface area contributed by atoms with E-state index in [0.717, 1.165) is 0 Å². The zero-order valence-corrected chi connectivity index (χ0v) is 8.24. The van der Waals surface area contributed by atoms with Gasteiger partial charge in [0.15, 0.2) is 5.96 Å². The van der Waals surface area contributed by atoms with Crippen molar-refractivity contribution >= 4 is 11.9 Å². The second-order valence-electron chi connectivity index (χ2n) is 2.48. The Morgan fingerprint density at radius 2 is 2.15 bits per heavy atom. The van der Waals surface area contributed by atoms with Crippen molar-refractivity contribution in [3.05, 3.63) is 0 Å². The van der Waals surface area contributed by atoms with Crippen LogP contribution in [0.2, 0.25) is 0 Å². The van der Waals surface area contributed by atoms with Crippen LogP contribution in [-0.4, -0.2) is 36.7 Å². The fourth-order valence-corrected chi connectivity index (χ4v) is 0.893. The summed E-state index contributed by atoms with van der Waals surface area (Å²) in [6.07, 6.45) is -0.208. The van der Waals surface area contributed by atoms with E-state index in [4.69, 9.17) is 21.6 Å². The number of hydrogen-bond donors (Lipinski definition) is 3. The highest BCUT2D eigenvalue weighted by Gasteiger charge is 2.13. The highest BCUT2D eigenvalue weighted by atomic mass is 16.5. The molecule has 0 heterocycles. The number of nitrogens with zero attached hydrogens (tertiary/aromatic N) is 2. The molecule has 13 heavy (non-hydrogen) atoms. The van der Waals surface area contributed by atoms with Crippen molar-refractivity contribution in [2.75, 3.05) is 13.7 Å². The average Bonchev–Trinajstić information content (AvgIpc) is 2.03. The molecule has 1 atom stereocenters. The number of aliphatic imine (C=N–C) groups is 1. The molecule has 0 radical (unpaired) electrons. The summed E-state index contributed by atoms with van der Waals surface area (Å²) >= 11 is 0. The van der Waals surface area contributed by atoms with Gasteiger partial charge in [0.25, 0.3) is 0 Å². The number of ether oxygens (including phenoxy) is 1. The van der Waals surface area contributed by atoms with E-state index >= 15 is 0 Å². The molecule has 0 saturated heterocycles. The standard InChI is InChI=1S/C7H17N5O/c1-4-12(5(2)13-3)7(10)11-6(8)9/h5H,4H2,1-3H3,(H5,8,9,10,11). The molecule has 0 fully saturated rings. The van der Waals surface area contributed by atoms with Crippen LogP contribution >= 0.6 is 0 Å². The Morgan fingerprint density at radius 1 is 1.62 bits per heavy atom. The summed E-state index contributed by atoms with van der Waals surface area (Å²) in [5.41, 5.74) is 10.3. The first kappa shape index (κ1) is 11.7. The van der Waals surface area contributed by atoms with Crippen LogP contribution in [0.1, 0.15) is 13.8 Å². The largest absolute Gasteiger partial charge is 0.370 e. The topological polar surface area (TPSA) is 101 Å². The second kappa shape index (κ2) is 5.36. The van der Waals surface area contributed by atoms with Gasteiger partial charge in [0.05, 0.1) is 0 Å². The van der Waals surface area contributed by atoms with E-state index < -0.39 is 0 Å². The first-order valence-corrected chi connectivity index (χ1v) is 4.00. The summed E-state index contributed by atoms with van der Waals surface area (Å²) in [7, 11) is 1.57. The molecule has 1 unspecified atom stereocenters. The summed E-state index contributed by atoms with van der Waals surface area (Å²) in [5, 5.41) is 7.51. The third-order valence-corrected chi connectivity index (χ3v) is 1.63. The van der Waals surface area contributed by atoms with Crippen molar-refractivity contribution in [3.63, 3.8) is 0 Å². The van der Waals surface area contributed by atoms with Gasteiger partial charge in [-0.2, -0.15) is 4.99 Å². The molecule has 0 aliphatic rings. The zero-order valence-electron chi connectivity index (χ0n) is 8.24. The molecule has 6 heteroatoms. The highest BCUT2D eigenvalue weighted by molar-refractivity contribution is 5.91. The first-order chi connectivity index (χ1) is 6.02. The third kappa shape index (κ3) is 3.75. The molecular weight excluding hydrogens is 170 g/mol. The van der Waals surface area contributed by atoms with Crippen LogP contribution in [0.15, 0.2) is 4.99 Å². The summed E-state index contributed by atoms with van der Waals surface area (Å²) < 4.78 is 5.04. The molecule has 76 valence electrons. The molecule has 0 aromatic carbocycles. The maximum absolute atomic E-state index is 7.51. The third-order valence-electron chi connectivity index (χ3n) is 1.63. The fourth-order valence-electron chi connectivity index (χ4n) is 0.893. The lowest BCUT2D eigenvalue weighted by Gasteiger charge is -2.26. The van der Waals surface area contributed by atoms with Gasteiger partial charge in [-0.25, -0.2) is 0 Å². The molecular formula is C7H17N5O. The van der Waals surface area contributed by atoms with Crippen LogP contribution in [0.4, 0.5) is 0 Å². The van der Waals surface area contributed by atoms with Crippen LogP contribution in [0.25, 0.3) is 0 Å². The summed E-state index contributed by atoms with van der Waals surface area (Å²) in [5.74, 6) is -0.108. The molecule has 0 aromatic rings. The fraction of sp³-hybridized carbons (Fsp3) is 0.714. The van der Waals surface area contributed by atoms with E-state index in [0.29, 0.717) is 6.54 Å². The number of rotatable bonds is 3. The van der Waals surface area contributed by atoms with Gasteiger partial charge in [-0.15, -0.1) is 0 Å². The lowest BCUT2D eigenvalue weighted by atomic mass is 10.5. The Balaban J connectivity index is 4.41. The average molecular weight is 187 g/mol. The predicted molar refractivity (Wildman–Crippen MR) is 52.4 cm³/mol. The molecule has 0 aliphatic carbocycles. The molecule has 0 spiro atoms. The lowest BCUT2D eigenvalue weighted by molar-refractivity contribution is 0.0237. The Labute approximate surface area is 78.1 Å². The Bertz CT molecular complexity index is 199. The van der Waals surface area contributed by atoms with Crippen LogP contribution in [-0.2, 0) is 4.74 Å². The lowest BCUT2D eigenvalue weighted by Crippen LogP contribution is -2.40. The van der Waals surface area contributed by atoms with Crippen LogP contribution in [0.3, 0.4) is 0 Å². The first-order valence-electron chi connectivity index (χ1n) is 4.00. The van der Waals surface area contributed by atoms with E-state index in [2.05, 4.69) is 4.99 Å². The van der Waals surface area contributed by atoms with Crippen LogP contribution < -0.4 is 11.5 Å². The minimum Gasteiger partial charge on any atom is -0.370 e. The Kier molecular flexibility index (Phi) is 4.83. The summed E-state index contributed by atoms with van der Waals surface area (Å²) in [6.45, 7) is 4.33. The number of nitrogens with one attached hydrogen (secondary N) is 1. The van der Waals surface area contributed by atoms with Gasteiger partial charge in [0.1, 0.15) is 6.23 Å². The van der Waals surface area contributed by atoms with Crippen LogP contribution in [0, 0.1) is 5.41 Å². The van der Waals surface area contributed by atoms with Crippen molar-refractivity contribution in [2.24, 2.45) is 16.5 Å². The molecule has 0 aromatic heterocycles. The van der Waals surface area contributed by atoms with Gasteiger partial charge < -0.3 is 21.1 Å². The smallest absolute Gasteiger partial charge is 0.223 e. The van der Waals surface area contributed by atoms with Gasteiger partial charge in [-0.1, -0.05) is 0 Å². The number of nitrogens with two attached hydrogens (primary N) is 2. The van der Waals surface area contributed by atoms with Crippen molar-refractivity contribution in [3.8, 4) is 0 Å². The van der Waals surface area contributed by atoms with E-state index in [9.17, 15) is 0 Å². The molecule has 0 rings (SSSR count). The van der Waals surface area contributed by atoms with E-state index in [1.54, 1.807) is 12.0 Å². The molecule has 0 aliphatic heterocycles. The SMILES string of the molecule is CCN(C(=N)N=C(N)N)C(C)OC. The van der Waals surface area contributed by atoms with Gasteiger partial charge in [0, 0.05) is 13.7 Å². The quantitative estimate of drug-likeness (QED) is 0.315. The van der Waals surface area contributed by atoms with E-state index in [-0.39, 0.29) is 18.1 Å². The number of hydrogen-bond acceptors (Lipinski definition) is 2. The van der Waals surface area contributed by atoms with Crippen molar-refractivity contribution in [1.29, 1.82) is 5.41 Å². The number of guanidine groups is 2. The van der Waals surface area contributed by atoms with E-state index in [1.807, 2.05) is 13.8 Å². The molecule has 0 saturated carbocycles. The van der Waals surface area contributed by atoms with Gasteiger partial charge in [0.2, 0.25) is 5.96 Å². The minimum atomic E-state index is -0.208. The Hall–Kier alpha value is -1.30. The van der Waals surface area contributed by atoms with Crippen molar-refractivity contribution < 1.29 is 4.74 Å². The number of methoxy groups -OCH3 is 1. The monoisotopic (exact) mass is 187 g/mol. The second-order valence-corrected chi connectivity index (χ2v) is 2.48. The van der Waals surface area contributed by atoms with Gasteiger partial charge in [-0.3, -0.25) is 5.41 Å². The van der Waals surface area contributed by atoms with Crippen molar-refractivity contribution in [2.45, 2.75) is 20.1 Å². The molecule has 5 N–H and O–H groups in total. The highest BCUT2D eigenvalue weighted by Crippen LogP contribution is 2.00. The van der Waals surface area contributed by atoms with Crippen LogP contribution in [0.5, 0.6) is 0 Å². The zero-order chi connectivity index (χ0) is 10.4. The predicted octanol–water partition coefficient (Wildman–Crippen LogP) is -0.491. The molecule has 0 amide bonds. The van der Waals surface area contributed by atoms with Gasteiger partial charge in [-0.05, 0) is 13.8 Å². The maximum atomic E-state index is 7.51. The minimum absolute atomic E-state index is 0.0110.